The number of nitrogens with zero attached hydrogens (tertiary/aromatic N) is 4. The van der Waals surface area contributed by atoms with Crippen LogP contribution in [-0.4, -0.2) is 33.9 Å². The molecule has 0 bridgehead atoms. The number of nitrogens with one attached hydrogen (secondary N) is 2. The fraction of sp³-hybridized carbons (Fsp3) is 0.250. The summed E-state index contributed by atoms with van der Waals surface area (Å²) < 4.78 is 0. The second kappa shape index (κ2) is 8.55. The highest BCUT2D eigenvalue weighted by Crippen LogP contribution is 2.30. The lowest BCUT2D eigenvalue weighted by Crippen LogP contribution is -2.26. The van der Waals surface area contributed by atoms with Crippen LogP contribution in [0.3, 0.4) is 0 Å². The Bertz CT molecular complexity index is 1270. The Hall–Kier alpha value is -3.52. The molecule has 1 aliphatic carbocycles. The van der Waals surface area contributed by atoms with Gasteiger partial charge in [-0.3, -0.25) is 4.79 Å². The van der Waals surface area contributed by atoms with E-state index in [9.17, 15) is 4.79 Å². The molecule has 0 radical (unpaired) electrons. The van der Waals surface area contributed by atoms with Gasteiger partial charge >= 0.3 is 0 Å². The van der Waals surface area contributed by atoms with Crippen LogP contribution in [0.4, 0.5) is 22.5 Å². The molecule has 4 aromatic rings. The van der Waals surface area contributed by atoms with Crippen molar-refractivity contribution in [3.8, 4) is 0 Å². The summed E-state index contributed by atoms with van der Waals surface area (Å²) in [7, 11) is 2.01. The topological polar surface area (TPSA) is 83.0 Å². The Morgan fingerprint density at radius 1 is 1.12 bits per heavy atom. The van der Waals surface area contributed by atoms with E-state index in [2.05, 4.69) is 56.7 Å². The van der Waals surface area contributed by atoms with Crippen molar-refractivity contribution in [2.45, 2.75) is 32.2 Å². The Morgan fingerprint density at radius 2 is 1.94 bits per heavy atom. The van der Waals surface area contributed by atoms with Gasteiger partial charge in [-0.1, -0.05) is 29.0 Å². The number of anilines is 4. The molecule has 0 unspecified atom stereocenters. The Labute approximate surface area is 190 Å². The summed E-state index contributed by atoms with van der Waals surface area (Å²) in [5.74, 6) is 1.58. The van der Waals surface area contributed by atoms with Crippen LogP contribution in [0.1, 0.15) is 24.0 Å². The van der Waals surface area contributed by atoms with Crippen LogP contribution in [0, 0.1) is 6.92 Å². The van der Waals surface area contributed by atoms with E-state index >= 15 is 0 Å². The molecule has 1 saturated carbocycles. The zero-order valence-electron chi connectivity index (χ0n) is 18.0. The molecule has 7 nitrogen and oxygen atoms in total. The minimum atomic E-state index is 0.0547. The van der Waals surface area contributed by atoms with E-state index in [1.54, 1.807) is 6.20 Å². The van der Waals surface area contributed by atoms with E-state index in [4.69, 9.17) is 4.98 Å². The number of pyridine rings is 2. The second-order valence-corrected chi connectivity index (χ2v) is 9.08. The standard InChI is InChI=1S/C24H24N6OS/c1-15-3-7-18(8-4-15)30(2)21-10-9-19-23(29-21)32-24(27-19)28-20-13-16(11-12-25-20)14-22(31)26-17-5-6-17/h3-4,7-13,17H,5-6,14H2,1-2H3,(H,26,31)(H,25,27,28). The van der Waals surface area contributed by atoms with Crippen LogP contribution < -0.4 is 15.5 Å². The third kappa shape index (κ3) is 4.70. The number of aryl methyl sites for hydroxylation is 1. The molecular formula is C24H24N6OS. The average Bonchev–Trinajstić information content (AvgIpc) is 3.50. The second-order valence-electron chi connectivity index (χ2n) is 8.10. The molecule has 162 valence electrons. The summed E-state index contributed by atoms with van der Waals surface area (Å²) in [5, 5.41) is 6.99. The molecule has 1 fully saturated rings. The maximum absolute atomic E-state index is 12.1. The summed E-state index contributed by atoms with van der Waals surface area (Å²) in [6.07, 6.45) is 4.23. The molecular weight excluding hydrogens is 420 g/mol. The van der Waals surface area contributed by atoms with Crippen LogP contribution in [0.5, 0.6) is 0 Å². The van der Waals surface area contributed by atoms with Gasteiger partial charge in [0.05, 0.1) is 6.42 Å². The number of thiazole rings is 1. The molecule has 2 N–H and O–H groups in total. The first-order valence-corrected chi connectivity index (χ1v) is 11.4. The van der Waals surface area contributed by atoms with Gasteiger partial charge in [-0.2, -0.15) is 0 Å². The van der Waals surface area contributed by atoms with E-state index < -0.39 is 0 Å². The quantitative estimate of drug-likeness (QED) is 0.429. The van der Waals surface area contributed by atoms with Crippen LogP contribution in [0.25, 0.3) is 10.3 Å². The zero-order chi connectivity index (χ0) is 22.1. The van der Waals surface area contributed by atoms with Gasteiger partial charge in [0, 0.05) is 25.0 Å². The van der Waals surface area contributed by atoms with Crippen molar-refractivity contribution in [2.24, 2.45) is 0 Å². The highest BCUT2D eigenvalue weighted by Gasteiger charge is 2.23. The highest BCUT2D eigenvalue weighted by molar-refractivity contribution is 7.21. The van der Waals surface area contributed by atoms with Crippen molar-refractivity contribution in [3.05, 3.63) is 65.9 Å². The van der Waals surface area contributed by atoms with E-state index in [1.165, 1.54) is 16.9 Å². The molecule has 0 saturated heterocycles. The smallest absolute Gasteiger partial charge is 0.224 e. The Kier molecular flexibility index (Phi) is 5.45. The molecule has 0 atom stereocenters. The highest BCUT2D eigenvalue weighted by atomic mass is 32.1. The normalized spacial score (nSPS) is 13.2. The van der Waals surface area contributed by atoms with Gasteiger partial charge in [0.2, 0.25) is 5.91 Å². The maximum Gasteiger partial charge on any atom is 0.224 e. The van der Waals surface area contributed by atoms with Crippen LogP contribution in [0.2, 0.25) is 0 Å². The number of carbonyl (C=O) groups excluding carboxylic acids is 1. The number of carbonyl (C=O) groups is 1. The number of rotatable bonds is 7. The molecule has 5 rings (SSSR count). The number of hydrogen-bond acceptors (Lipinski definition) is 7. The van der Waals surface area contributed by atoms with Gasteiger partial charge in [-0.05, 0) is 61.7 Å². The van der Waals surface area contributed by atoms with Crippen LogP contribution >= 0.6 is 11.3 Å². The molecule has 3 aromatic heterocycles. The maximum atomic E-state index is 12.1. The van der Waals surface area contributed by atoms with Crippen molar-refractivity contribution in [1.82, 2.24) is 20.3 Å². The first-order valence-electron chi connectivity index (χ1n) is 10.6. The van der Waals surface area contributed by atoms with E-state index in [1.807, 2.05) is 31.3 Å². The number of aromatic nitrogens is 3. The number of fused-ring (bicyclic) bond motifs is 1. The lowest BCUT2D eigenvalue weighted by molar-refractivity contribution is -0.120. The Balaban J connectivity index is 1.31. The van der Waals surface area contributed by atoms with E-state index in [0.29, 0.717) is 18.3 Å². The van der Waals surface area contributed by atoms with Crippen LogP contribution in [0.15, 0.2) is 54.7 Å². The largest absolute Gasteiger partial charge is 0.353 e. The molecule has 0 spiro atoms. The summed E-state index contributed by atoms with van der Waals surface area (Å²) in [4.78, 5) is 28.8. The van der Waals surface area contributed by atoms with Gasteiger partial charge in [-0.15, -0.1) is 0 Å². The summed E-state index contributed by atoms with van der Waals surface area (Å²) in [6.45, 7) is 2.08. The monoisotopic (exact) mass is 444 g/mol. The average molecular weight is 445 g/mol. The first kappa shape index (κ1) is 20.4. The number of hydrogen-bond donors (Lipinski definition) is 2. The third-order valence-electron chi connectivity index (χ3n) is 5.37. The van der Waals surface area contributed by atoms with Crippen molar-refractivity contribution < 1.29 is 4.79 Å². The summed E-state index contributed by atoms with van der Waals surface area (Å²) >= 11 is 1.48. The fourth-order valence-corrected chi connectivity index (χ4v) is 4.24. The lowest BCUT2D eigenvalue weighted by Gasteiger charge is -2.18. The summed E-state index contributed by atoms with van der Waals surface area (Å²) in [6, 6.07) is 16.4. The van der Waals surface area contributed by atoms with Crippen molar-refractivity contribution in [1.29, 1.82) is 0 Å². The van der Waals surface area contributed by atoms with Gasteiger partial charge in [0.15, 0.2) is 5.13 Å². The van der Waals surface area contributed by atoms with Gasteiger partial charge in [-0.25, -0.2) is 15.0 Å². The van der Waals surface area contributed by atoms with Crippen LogP contribution in [-0.2, 0) is 11.2 Å². The van der Waals surface area contributed by atoms with Gasteiger partial charge in [0.25, 0.3) is 0 Å². The number of benzene rings is 1. The SMILES string of the molecule is Cc1ccc(N(C)c2ccc3nc(Nc4cc(CC(=O)NC5CC5)ccn4)sc3n2)cc1. The minimum absolute atomic E-state index is 0.0547. The summed E-state index contributed by atoms with van der Waals surface area (Å²) in [5.41, 5.74) is 4.06. The molecule has 1 aromatic carbocycles. The number of amides is 1. The Morgan fingerprint density at radius 3 is 2.72 bits per heavy atom. The van der Waals surface area contributed by atoms with E-state index in [0.717, 1.165) is 45.4 Å². The fourth-order valence-electron chi connectivity index (χ4n) is 3.40. The zero-order valence-corrected chi connectivity index (χ0v) is 18.8. The molecule has 8 heteroatoms. The molecule has 0 aliphatic heterocycles. The van der Waals surface area contributed by atoms with Gasteiger partial charge in [0.1, 0.15) is 22.0 Å². The third-order valence-corrected chi connectivity index (χ3v) is 6.25. The molecule has 3 heterocycles. The molecule has 1 aliphatic rings. The van der Waals surface area contributed by atoms with Crippen molar-refractivity contribution >= 4 is 50.0 Å². The molecule has 32 heavy (non-hydrogen) atoms. The minimum Gasteiger partial charge on any atom is -0.353 e. The predicted molar refractivity (Wildman–Crippen MR) is 129 cm³/mol. The lowest BCUT2D eigenvalue weighted by atomic mass is 10.2. The van der Waals surface area contributed by atoms with Gasteiger partial charge < -0.3 is 15.5 Å². The van der Waals surface area contributed by atoms with Crippen molar-refractivity contribution in [3.63, 3.8) is 0 Å². The van der Waals surface area contributed by atoms with Crippen molar-refractivity contribution in [2.75, 3.05) is 17.3 Å². The first-order chi connectivity index (χ1) is 15.5. The molecule has 1 amide bonds. The van der Waals surface area contributed by atoms with E-state index in [-0.39, 0.29) is 5.91 Å². The predicted octanol–water partition coefficient (Wildman–Crippen LogP) is 4.73.